The second kappa shape index (κ2) is 7.40. The van der Waals surface area contributed by atoms with Crippen LogP contribution in [0, 0.1) is 17.3 Å². The van der Waals surface area contributed by atoms with Crippen molar-refractivity contribution in [2.24, 2.45) is 17.3 Å². The van der Waals surface area contributed by atoms with Crippen LogP contribution in [0.4, 0.5) is 0 Å². The average Bonchev–Trinajstić information content (AvgIpc) is 3.12. The Balaban J connectivity index is 1.23. The maximum atomic E-state index is 12.4. The fourth-order valence-corrected chi connectivity index (χ4v) is 4.96. The van der Waals surface area contributed by atoms with Crippen LogP contribution in [0.2, 0.25) is 0 Å². The summed E-state index contributed by atoms with van der Waals surface area (Å²) in [6, 6.07) is 1.74. The second-order valence-electron chi connectivity index (χ2n) is 9.01. The van der Waals surface area contributed by atoms with Gasteiger partial charge in [0.25, 0.3) is 5.91 Å². The number of allylic oxidation sites excluding steroid dienone is 1. The van der Waals surface area contributed by atoms with Crippen molar-refractivity contribution in [3.63, 3.8) is 0 Å². The number of aliphatic hydroxyl groups is 1. The molecule has 2 bridgehead atoms. The van der Waals surface area contributed by atoms with Crippen molar-refractivity contribution in [3.8, 4) is 0 Å². The van der Waals surface area contributed by atoms with Crippen LogP contribution in [0.5, 0.6) is 0 Å². The van der Waals surface area contributed by atoms with Gasteiger partial charge in [0.15, 0.2) is 11.5 Å². The summed E-state index contributed by atoms with van der Waals surface area (Å²) in [7, 11) is 0. The number of amides is 1. The molecule has 2 atom stereocenters. The predicted molar refractivity (Wildman–Crippen MR) is 102 cm³/mol. The molecule has 0 radical (unpaired) electrons. The molecule has 6 heteroatoms. The highest BCUT2D eigenvalue weighted by molar-refractivity contribution is 5.92. The molecule has 1 aliphatic heterocycles. The van der Waals surface area contributed by atoms with E-state index in [0.29, 0.717) is 35.9 Å². The molecule has 4 aliphatic rings. The van der Waals surface area contributed by atoms with Crippen LogP contribution < -0.4 is 5.32 Å². The molecule has 6 nitrogen and oxygen atoms in total. The lowest BCUT2D eigenvalue weighted by Crippen LogP contribution is -2.48. The van der Waals surface area contributed by atoms with Gasteiger partial charge in [0.2, 0.25) is 0 Å². The Bertz CT molecular complexity index is 716. The van der Waals surface area contributed by atoms with Crippen molar-refractivity contribution >= 4 is 5.91 Å². The molecule has 0 spiro atoms. The monoisotopic (exact) mass is 373 g/mol. The molecule has 0 aromatic carbocycles. The largest absolute Gasteiger partial charge is 0.393 e. The average molecular weight is 373 g/mol. The lowest BCUT2D eigenvalue weighted by molar-refractivity contribution is -0.00811. The maximum absolute atomic E-state index is 12.4. The van der Waals surface area contributed by atoms with E-state index >= 15 is 0 Å². The lowest BCUT2D eigenvalue weighted by atomic mass is 9.48. The standard InChI is InChI=1S/C21H31N3O3/c1-21(2)15-4-3-14(18(21)11-15)5-8-22-20(26)19-12-17(27-23-19)13-24-9-6-16(25)7-10-24/h3,12,15-16,18,25H,4-11,13H2,1-2H3,(H,22,26)/t15-,18-/m0/s1. The van der Waals surface area contributed by atoms with Crippen LogP contribution in [-0.4, -0.2) is 46.8 Å². The number of fused-ring (bicyclic) bond motifs is 1. The first kappa shape index (κ1) is 18.7. The molecule has 5 rings (SSSR count). The minimum Gasteiger partial charge on any atom is -0.393 e. The van der Waals surface area contributed by atoms with Crippen molar-refractivity contribution < 1.29 is 14.4 Å². The van der Waals surface area contributed by atoms with Crippen LogP contribution in [0.1, 0.15) is 62.2 Å². The van der Waals surface area contributed by atoms with E-state index in [-0.39, 0.29) is 12.0 Å². The van der Waals surface area contributed by atoms with Gasteiger partial charge >= 0.3 is 0 Å². The molecule has 1 saturated heterocycles. The van der Waals surface area contributed by atoms with Crippen LogP contribution in [0.15, 0.2) is 22.2 Å². The Labute approximate surface area is 161 Å². The Kier molecular flexibility index (Phi) is 5.12. The van der Waals surface area contributed by atoms with E-state index in [2.05, 4.69) is 35.3 Å². The zero-order chi connectivity index (χ0) is 19.0. The van der Waals surface area contributed by atoms with E-state index in [4.69, 9.17) is 4.52 Å². The molecular formula is C21H31N3O3. The molecule has 1 aromatic heterocycles. The summed E-state index contributed by atoms with van der Waals surface area (Å²) in [4.78, 5) is 14.6. The van der Waals surface area contributed by atoms with Gasteiger partial charge in [-0.2, -0.15) is 0 Å². The third kappa shape index (κ3) is 3.83. The number of nitrogens with one attached hydrogen (secondary N) is 1. The number of aromatic nitrogens is 1. The fraction of sp³-hybridized carbons (Fsp3) is 0.714. The van der Waals surface area contributed by atoms with Crippen molar-refractivity contribution in [3.05, 3.63) is 29.2 Å². The van der Waals surface area contributed by atoms with Gasteiger partial charge in [-0.1, -0.05) is 30.7 Å². The summed E-state index contributed by atoms with van der Waals surface area (Å²) in [6.07, 6.45) is 7.20. The van der Waals surface area contributed by atoms with E-state index in [1.54, 1.807) is 6.07 Å². The summed E-state index contributed by atoms with van der Waals surface area (Å²) in [6.45, 7) is 7.72. The topological polar surface area (TPSA) is 78.6 Å². The van der Waals surface area contributed by atoms with Gasteiger partial charge in [-0.05, 0) is 49.4 Å². The number of hydrogen-bond donors (Lipinski definition) is 2. The third-order valence-electron chi connectivity index (χ3n) is 7.01. The zero-order valence-electron chi connectivity index (χ0n) is 16.4. The summed E-state index contributed by atoms with van der Waals surface area (Å²) in [5.41, 5.74) is 2.29. The summed E-state index contributed by atoms with van der Waals surface area (Å²) in [5, 5.41) is 16.5. The minimum absolute atomic E-state index is 0.166. The minimum atomic E-state index is -0.187. The third-order valence-corrected chi connectivity index (χ3v) is 7.01. The maximum Gasteiger partial charge on any atom is 0.273 e. The van der Waals surface area contributed by atoms with Gasteiger partial charge in [0.05, 0.1) is 12.6 Å². The van der Waals surface area contributed by atoms with Crippen LogP contribution >= 0.6 is 0 Å². The number of likely N-dealkylation sites (tertiary alicyclic amines) is 1. The van der Waals surface area contributed by atoms with Crippen molar-refractivity contribution in [2.45, 2.75) is 58.6 Å². The molecule has 1 saturated carbocycles. The molecule has 1 aromatic rings. The normalized spacial score (nSPS) is 27.7. The number of carbonyl (C=O) groups excluding carboxylic acids is 1. The molecular weight excluding hydrogens is 342 g/mol. The smallest absolute Gasteiger partial charge is 0.273 e. The number of rotatable bonds is 6. The number of piperidine rings is 1. The second-order valence-corrected chi connectivity index (χ2v) is 9.01. The first-order chi connectivity index (χ1) is 12.9. The summed E-state index contributed by atoms with van der Waals surface area (Å²) < 4.78 is 5.34. The van der Waals surface area contributed by atoms with E-state index < -0.39 is 0 Å². The molecule has 2 N–H and O–H groups in total. The zero-order valence-corrected chi connectivity index (χ0v) is 16.4. The Hall–Kier alpha value is -1.66. The predicted octanol–water partition coefficient (Wildman–Crippen LogP) is 2.74. The van der Waals surface area contributed by atoms with E-state index in [1.807, 2.05) is 0 Å². The van der Waals surface area contributed by atoms with E-state index in [9.17, 15) is 9.90 Å². The van der Waals surface area contributed by atoms with Crippen molar-refractivity contribution in [1.29, 1.82) is 0 Å². The summed E-state index contributed by atoms with van der Waals surface area (Å²) in [5.74, 6) is 2.07. The number of carbonyl (C=O) groups is 1. The first-order valence-electron chi connectivity index (χ1n) is 10.3. The molecule has 148 valence electrons. The molecule has 1 amide bonds. The van der Waals surface area contributed by atoms with Crippen LogP contribution in [-0.2, 0) is 6.54 Å². The number of hydrogen-bond acceptors (Lipinski definition) is 5. The van der Waals surface area contributed by atoms with E-state index in [0.717, 1.165) is 38.3 Å². The molecule has 3 aliphatic carbocycles. The fourth-order valence-electron chi connectivity index (χ4n) is 4.96. The van der Waals surface area contributed by atoms with Gasteiger partial charge < -0.3 is 14.9 Å². The first-order valence-corrected chi connectivity index (χ1v) is 10.3. The van der Waals surface area contributed by atoms with Crippen LogP contribution in [0.25, 0.3) is 0 Å². The quantitative estimate of drug-likeness (QED) is 0.750. The van der Waals surface area contributed by atoms with Crippen LogP contribution in [0.3, 0.4) is 0 Å². The van der Waals surface area contributed by atoms with Gasteiger partial charge in [0.1, 0.15) is 0 Å². The van der Waals surface area contributed by atoms with Crippen molar-refractivity contribution in [1.82, 2.24) is 15.4 Å². The number of aliphatic hydroxyl groups excluding tert-OH is 1. The van der Waals surface area contributed by atoms with Crippen molar-refractivity contribution in [2.75, 3.05) is 19.6 Å². The lowest BCUT2D eigenvalue weighted by Gasteiger charge is -2.56. The summed E-state index contributed by atoms with van der Waals surface area (Å²) >= 11 is 0. The van der Waals surface area contributed by atoms with Gasteiger partial charge in [0, 0.05) is 25.7 Å². The van der Waals surface area contributed by atoms with Gasteiger partial charge in [-0.15, -0.1) is 0 Å². The van der Waals surface area contributed by atoms with E-state index in [1.165, 1.54) is 18.4 Å². The SMILES string of the molecule is CC1(C)[C@H]2CC=C(CCNC(=O)c3cc(CN4CCC(O)CC4)on3)[C@@H]1C2. The number of nitrogens with zero attached hydrogens (tertiary/aromatic N) is 2. The van der Waals surface area contributed by atoms with Gasteiger partial charge in [-0.25, -0.2) is 0 Å². The molecule has 27 heavy (non-hydrogen) atoms. The Morgan fingerprint density at radius 3 is 2.89 bits per heavy atom. The highest BCUT2D eigenvalue weighted by atomic mass is 16.5. The highest BCUT2D eigenvalue weighted by Gasteiger charge is 2.50. The Morgan fingerprint density at radius 1 is 1.41 bits per heavy atom. The molecule has 2 fully saturated rings. The highest BCUT2D eigenvalue weighted by Crippen LogP contribution is 2.59. The molecule has 2 heterocycles. The van der Waals surface area contributed by atoms with Gasteiger partial charge in [-0.3, -0.25) is 9.69 Å². The Morgan fingerprint density at radius 2 is 2.19 bits per heavy atom. The molecule has 0 unspecified atom stereocenters.